The molecule has 0 spiro atoms. The molecule has 0 amide bonds. The highest BCUT2D eigenvalue weighted by atomic mass is 16.7. The van der Waals surface area contributed by atoms with Crippen LogP contribution in [0.3, 0.4) is 0 Å². The minimum absolute atomic E-state index is 0.363. The van der Waals surface area contributed by atoms with Gasteiger partial charge in [-0.25, -0.2) is 0 Å². The Bertz CT molecular complexity index is 1390. The first-order valence-corrected chi connectivity index (χ1v) is 15.9. The zero-order valence-corrected chi connectivity index (χ0v) is 27.2. The van der Waals surface area contributed by atoms with Crippen LogP contribution in [0.25, 0.3) is 21.5 Å². The fraction of sp³-hybridized carbons (Fsp3) is 0.600. The van der Waals surface area contributed by atoms with Gasteiger partial charge in [-0.1, -0.05) is 75.4 Å². The van der Waals surface area contributed by atoms with Crippen molar-refractivity contribution in [1.29, 1.82) is 0 Å². The molecule has 0 N–H and O–H groups in total. The van der Waals surface area contributed by atoms with E-state index in [1.54, 1.807) is 0 Å². The summed E-state index contributed by atoms with van der Waals surface area (Å²) in [6.45, 7) is 21.5. The smallest absolute Gasteiger partial charge is 0.399 e. The average Bonchev–Trinajstić information content (AvgIpc) is 3.26. The van der Waals surface area contributed by atoms with Gasteiger partial charge in [0.05, 0.1) is 22.4 Å². The maximum atomic E-state index is 6.45. The molecule has 0 aliphatic carbocycles. The third-order valence-corrected chi connectivity index (χ3v) is 10.4. The molecule has 0 unspecified atom stereocenters. The van der Waals surface area contributed by atoms with Crippen LogP contribution in [-0.2, 0) is 25.0 Å². The summed E-state index contributed by atoms with van der Waals surface area (Å²) in [5, 5.41) is 5.16. The van der Waals surface area contributed by atoms with Gasteiger partial charge in [-0.05, 0) is 119 Å². The first-order chi connectivity index (χ1) is 19.2. The number of unbranched alkanes of at least 4 members (excludes halogenated alkanes) is 5. The van der Waals surface area contributed by atoms with Gasteiger partial charge >= 0.3 is 14.2 Å². The van der Waals surface area contributed by atoms with Crippen LogP contribution in [0, 0.1) is 6.92 Å². The molecule has 6 heteroatoms. The Balaban J connectivity index is 1.56. The Labute approximate surface area is 249 Å². The summed E-state index contributed by atoms with van der Waals surface area (Å²) in [4.78, 5) is 0. The van der Waals surface area contributed by atoms with E-state index in [-0.39, 0.29) is 36.6 Å². The van der Waals surface area contributed by atoms with Gasteiger partial charge in [-0.15, -0.1) is 0 Å². The summed E-state index contributed by atoms with van der Waals surface area (Å²) in [6, 6.07) is 13.5. The summed E-state index contributed by atoms with van der Waals surface area (Å²) in [7, 11) is -0.736. The maximum Gasteiger partial charge on any atom is 0.494 e. The fourth-order valence-corrected chi connectivity index (χ4v) is 6.17. The van der Waals surface area contributed by atoms with Crippen molar-refractivity contribution in [3.8, 4) is 0 Å². The number of rotatable bonds is 9. The maximum absolute atomic E-state index is 6.45. The summed E-state index contributed by atoms with van der Waals surface area (Å²) >= 11 is 0. The van der Waals surface area contributed by atoms with Crippen molar-refractivity contribution in [2.45, 2.75) is 137 Å². The highest BCUT2D eigenvalue weighted by molar-refractivity contribution is 6.63. The van der Waals surface area contributed by atoms with Crippen molar-refractivity contribution >= 4 is 46.7 Å². The second-order valence-corrected chi connectivity index (χ2v) is 14.4. The molecule has 220 valence electrons. The van der Waals surface area contributed by atoms with E-state index in [0.29, 0.717) is 0 Å². The molecule has 5 rings (SSSR count). The lowest BCUT2D eigenvalue weighted by molar-refractivity contribution is 0.00578. The van der Waals surface area contributed by atoms with Crippen LogP contribution < -0.4 is 10.9 Å². The van der Waals surface area contributed by atoms with Crippen molar-refractivity contribution < 1.29 is 18.6 Å². The minimum Gasteiger partial charge on any atom is -0.399 e. The van der Waals surface area contributed by atoms with Crippen LogP contribution in [0.15, 0.2) is 36.4 Å². The van der Waals surface area contributed by atoms with Gasteiger partial charge in [-0.2, -0.15) is 0 Å². The second-order valence-electron chi connectivity index (χ2n) is 14.4. The predicted molar refractivity (Wildman–Crippen MR) is 175 cm³/mol. The van der Waals surface area contributed by atoms with Crippen molar-refractivity contribution in [1.82, 2.24) is 0 Å². The Morgan fingerprint density at radius 3 is 1.44 bits per heavy atom. The van der Waals surface area contributed by atoms with Crippen molar-refractivity contribution in [3.05, 3.63) is 47.5 Å². The van der Waals surface area contributed by atoms with Gasteiger partial charge in [0.15, 0.2) is 0 Å². The van der Waals surface area contributed by atoms with Crippen molar-refractivity contribution in [2.75, 3.05) is 0 Å². The predicted octanol–water partition coefficient (Wildman–Crippen LogP) is 7.80. The number of hydrogen-bond acceptors (Lipinski definition) is 4. The van der Waals surface area contributed by atoms with Gasteiger partial charge in [-0.3, -0.25) is 0 Å². The topological polar surface area (TPSA) is 36.9 Å². The van der Waals surface area contributed by atoms with Gasteiger partial charge in [0.1, 0.15) is 0 Å². The molecule has 3 aromatic rings. The van der Waals surface area contributed by atoms with Crippen LogP contribution in [0.1, 0.15) is 112 Å². The van der Waals surface area contributed by atoms with E-state index in [1.807, 2.05) is 0 Å². The monoisotopic (exact) mass is 556 g/mol. The second kappa shape index (κ2) is 11.0. The molecule has 0 aromatic heterocycles. The average molecular weight is 556 g/mol. The summed E-state index contributed by atoms with van der Waals surface area (Å²) in [5.74, 6) is 0. The van der Waals surface area contributed by atoms with Gasteiger partial charge in [0.2, 0.25) is 0 Å². The molecule has 2 aliphatic heterocycles. The van der Waals surface area contributed by atoms with Crippen LogP contribution in [0.5, 0.6) is 0 Å². The number of fused-ring (bicyclic) bond motifs is 3. The zero-order chi connectivity index (χ0) is 29.8. The fourth-order valence-electron chi connectivity index (χ4n) is 6.17. The summed E-state index contributed by atoms with van der Waals surface area (Å²) < 4.78 is 25.7. The first-order valence-electron chi connectivity index (χ1n) is 15.9. The Morgan fingerprint density at radius 2 is 0.951 bits per heavy atom. The zero-order valence-electron chi connectivity index (χ0n) is 27.2. The highest BCUT2D eigenvalue weighted by Crippen LogP contribution is 2.39. The standard InChI is InChI=1S/C35H50B2O4/c1-11-12-13-14-15-16-17-27-24(2)30-22-25(36-38-32(3,4)33(5,6)39-36)18-20-28(30)29-21-19-26(23-31(27)29)37-40-34(7,8)35(9,10)41-37/h18-23H,11-17H2,1-10H3. The molecule has 0 saturated carbocycles. The molecule has 0 bridgehead atoms. The Hall–Kier alpha value is -1.85. The Kier molecular flexibility index (Phi) is 8.22. The van der Waals surface area contributed by atoms with E-state index in [9.17, 15) is 0 Å². The molecule has 0 radical (unpaired) electrons. The molecule has 2 saturated heterocycles. The molecule has 0 atom stereocenters. The summed E-state index contributed by atoms with van der Waals surface area (Å²) in [5.41, 5.74) is 3.51. The number of benzene rings is 3. The molecule has 2 aliphatic rings. The lowest BCUT2D eigenvalue weighted by atomic mass is 9.75. The molecule has 41 heavy (non-hydrogen) atoms. The van der Waals surface area contributed by atoms with E-state index in [2.05, 4.69) is 106 Å². The molecule has 4 nitrogen and oxygen atoms in total. The number of aryl methyl sites for hydroxylation is 2. The summed E-state index contributed by atoms with van der Waals surface area (Å²) in [6.07, 6.45) is 8.78. The van der Waals surface area contributed by atoms with Crippen molar-refractivity contribution in [3.63, 3.8) is 0 Å². The van der Waals surface area contributed by atoms with Gasteiger partial charge in [0.25, 0.3) is 0 Å². The van der Waals surface area contributed by atoms with Crippen LogP contribution >= 0.6 is 0 Å². The van der Waals surface area contributed by atoms with Gasteiger partial charge in [0, 0.05) is 0 Å². The molecular formula is C35H50B2O4. The third kappa shape index (κ3) is 5.62. The molecule has 2 heterocycles. The Morgan fingerprint density at radius 1 is 0.537 bits per heavy atom. The van der Waals surface area contributed by atoms with E-state index < -0.39 is 0 Å². The van der Waals surface area contributed by atoms with E-state index in [0.717, 1.165) is 17.3 Å². The molecule has 2 fully saturated rings. The van der Waals surface area contributed by atoms with Crippen LogP contribution in [0.2, 0.25) is 0 Å². The third-order valence-electron chi connectivity index (χ3n) is 10.4. The van der Waals surface area contributed by atoms with E-state index in [4.69, 9.17) is 18.6 Å². The van der Waals surface area contributed by atoms with E-state index >= 15 is 0 Å². The van der Waals surface area contributed by atoms with Gasteiger partial charge < -0.3 is 18.6 Å². The number of hydrogen-bond donors (Lipinski definition) is 0. The molecule has 3 aromatic carbocycles. The quantitative estimate of drug-likeness (QED) is 0.153. The van der Waals surface area contributed by atoms with Crippen LogP contribution in [0.4, 0.5) is 0 Å². The highest BCUT2D eigenvalue weighted by Gasteiger charge is 2.52. The largest absolute Gasteiger partial charge is 0.494 e. The minimum atomic E-state index is -0.368. The first kappa shape index (κ1) is 30.6. The molecular weight excluding hydrogens is 506 g/mol. The lowest BCUT2D eigenvalue weighted by Crippen LogP contribution is -2.41. The van der Waals surface area contributed by atoms with Crippen LogP contribution in [-0.4, -0.2) is 36.6 Å². The lowest BCUT2D eigenvalue weighted by Gasteiger charge is -2.32. The SMILES string of the molecule is CCCCCCCCc1c(C)c2cc(B3OC(C)(C)C(C)(C)O3)ccc2c2ccc(B3OC(C)(C)C(C)(C)O3)cc12. The van der Waals surface area contributed by atoms with E-state index in [1.165, 1.54) is 71.2 Å². The van der Waals surface area contributed by atoms with Crippen molar-refractivity contribution in [2.24, 2.45) is 0 Å². The normalized spacial score (nSPS) is 20.9.